The molecule has 6 nitrogen and oxygen atoms in total. The minimum Gasteiger partial charge on any atom is -0.494 e. The molecule has 0 unspecified atom stereocenters. The highest BCUT2D eigenvalue weighted by Gasteiger charge is 2.32. The number of nitrogens with zero attached hydrogens (tertiary/aromatic N) is 1. The number of aryl methyl sites for hydroxylation is 1. The fraction of sp³-hybridized carbons (Fsp3) is 0.429. The molecule has 1 saturated heterocycles. The van der Waals surface area contributed by atoms with E-state index in [-0.39, 0.29) is 18.2 Å². The summed E-state index contributed by atoms with van der Waals surface area (Å²) in [6.45, 7) is 6.94. The summed E-state index contributed by atoms with van der Waals surface area (Å²) >= 11 is 1.67. The van der Waals surface area contributed by atoms with Gasteiger partial charge in [-0.1, -0.05) is 18.2 Å². The Balaban J connectivity index is 1.63. The van der Waals surface area contributed by atoms with Crippen LogP contribution in [-0.4, -0.2) is 42.5 Å². The van der Waals surface area contributed by atoms with Crippen molar-refractivity contribution in [3.05, 3.63) is 51.7 Å². The Kier molecular flexibility index (Phi) is 7.06. The van der Waals surface area contributed by atoms with Gasteiger partial charge in [-0.15, -0.1) is 11.3 Å². The third-order valence-electron chi connectivity index (χ3n) is 4.72. The Morgan fingerprint density at radius 1 is 1.32 bits per heavy atom. The molecule has 150 valence electrons. The maximum atomic E-state index is 12.5. The first kappa shape index (κ1) is 20.4. The van der Waals surface area contributed by atoms with Crippen LogP contribution in [0.15, 0.2) is 36.4 Å². The van der Waals surface area contributed by atoms with Crippen molar-refractivity contribution in [1.29, 1.82) is 0 Å². The van der Waals surface area contributed by atoms with E-state index >= 15 is 0 Å². The molecule has 1 fully saturated rings. The topological polar surface area (TPSA) is 70.7 Å². The molecule has 0 aliphatic carbocycles. The largest absolute Gasteiger partial charge is 0.494 e. The van der Waals surface area contributed by atoms with E-state index in [0.29, 0.717) is 32.8 Å². The van der Waals surface area contributed by atoms with Gasteiger partial charge in [-0.2, -0.15) is 0 Å². The number of benzene rings is 1. The molecule has 0 radical (unpaired) electrons. The molecule has 7 heteroatoms. The third-order valence-corrected chi connectivity index (χ3v) is 5.72. The number of rotatable bonds is 8. The predicted molar refractivity (Wildman–Crippen MR) is 110 cm³/mol. The van der Waals surface area contributed by atoms with Crippen LogP contribution >= 0.6 is 11.3 Å². The van der Waals surface area contributed by atoms with Crippen LogP contribution in [0.25, 0.3) is 0 Å². The molecule has 2 amide bonds. The van der Waals surface area contributed by atoms with Crippen LogP contribution in [0.2, 0.25) is 0 Å². The molecule has 28 heavy (non-hydrogen) atoms. The number of nitrogens with one attached hydrogen (secondary N) is 2. The number of piperazine rings is 1. The molecule has 2 heterocycles. The Labute approximate surface area is 169 Å². The van der Waals surface area contributed by atoms with Crippen molar-refractivity contribution >= 4 is 23.2 Å². The Bertz CT molecular complexity index is 821. The highest BCUT2D eigenvalue weighted by Crippen LogP contribution is 2.22. The van der Waals surface area contributed by atoms with Gasteiger partial charge in [0.15, 0.2) is 0 Å². The zero-order chi connectivity index (χ0) is 19.9. The molecule has 3 rings (SSSR count). The predicted octanol–water partition coefficient (Wildman–Crippen LogP) is 2.46. The van der Waals surface area contributed by atoms with Gasteiger partial charge in [-0.3, -0.25) is 14.5 Å². The highest BCUT2D eigenvalue weighted by atomic mass is 32.1. The van der Waals surface area contributed by atoms with Crippen LogP contribution in [0.3, 0.4) is 0 Å². The second-order valence-electron chi connectivity index (χ2n) is 6.81. The van der Waals surface area contributed by atoms with E-state index in [1.54, 1.807) is 11.3 Å². The van der Waals surface area contributed by atoms with Crippen molar-refractivity contribution in [1.82, 2.24) is 15.5 Å². The van der Waals surface area contributed by atoms with Gasteiger partial charge in [0, 0.05) is 35.0 Å². The molecule has 1 aliphatic rings. The standard InChI is InChI=1S/C21H27N3O3S/c1-3-27-19-7-5-4-6-16(19)14-24-11-10-22-21(26)18(24)12-20(25)23-13-17-9-8-15(2)28-17/h4-9,18H,3,10-14H2,1-2H3,(H,22,26)(H,23,25)/t18-/m0/s1. The Morgan fingerprint density at radius 2 is 2.14 bits per heavy atom. The minimum absolute atomic E-state index is 0.0951. The Morgan fingerprint density at radius 3 is 2.89 bits per heavy atom. The third kappa shape index (κ3) is 5.33. The van der Waals surface area contributed by atoms with Crippen LogP contribution in [0.4, 0.5) is 0 Å². The summed E-state index contributed by atoms with van der Waals surface area (Å²) in [6, 6.07) is 11.4. The van der Waals surface area contributed by atoms with Crippen molar-refractivity contribution < 1.29 is 14.3 Å². The number of ether oxygens (including phenoxy) is 1. The molecule has 2 N–H and O–H groups in total. The van der Waals surface area contributed by atoms with Crippen molar-refractivity contribution in [3.63, 3.8) is 0 Å². The lowest BCUT2D eigenvalue weighted by atomic mass is 10.1. The second-order valence-corrected chi connectivity index (χ2v) is 8.18. The van der Waals surface area contributed by atoms with Crippen LogP contribution < -0.4 is 15.4 Å². The Hall–Kier alpha value is -2.38. The van der Waals surface area contributed by atoms with E-state index in [1.165, 1.54) is 4.88 Å². The van der Waals surface area contributed by atoms with Crippen LogP contribution in [-0.2, 0) is 22.7 Å². The van der Waals surface area contributed by atoms with Gasteiger partial charge in [0.2, 0.25) is 11.8 Å². The summed E-state index contributed by atoms with van der Waals surface area (Å²) < 4.78 is 5.71. The molecule has 1 atom stereocenters. The molecule has 0 saturated carbocycles. The monoisotopic (exact) mass is 401 g/mol. The number of carbonyl (C=O) groups is 2. The van der Waals surface area contributed by atoms with Crippen molar-refractivity contribution in [2.45, 2.75) is 39.4 Å². The van der Waals surface area contributed by atoms with E-state index < -0.39 is 6.04 Å². The van der Waals surface area contributed by atoms with E-state index in [1.807, 2.05) is 50.2 Å². The SMILES string of the molecule is CCOc1ccccc1CN1CCNC(=O)[C@@H]1CC(=O)NCc1ccc(C)s1. The number of para-hydroxylation sites is 1. The number of hydrogen-bond donors (Lipinski definition) is 2. The zero-order valence-corrected chi connectivity index (χ0v) is 17.2. The summed E-state index contributed by atoms with van der Waals surface area (Å²) in [6.07, 6.45) is 0.146. The van der Waals surface area contributed by atoms with E-state index in [4.69, 9.17) is 4.74 Å². The fourth-order valence-electron chi connectivity index (χ4n) is 3.34. The minimum atomic E-state index is -0.478. The van der Waals surface area contributed by atoms with Gasteiger partial charge in [0.1, 0.15) is 5.75 Å². The van der Waals surface area contributed by atoms with Gasteiger partial charge in [0.25, 0.3) is 0 Å². The first-order chi connectivity index (χ1) is 13.6. The molecule has 1 aromatic carbocycles. The molecule has 1 aliphatic heterocycles. The molecule has 1 aromatic heterocycles. The quantitative estimate of drug-likeness (QED) is 0.713. The van der Waals surface area contributed by atoms with Gasteiger partial charge < -0.3 is 15.4 Å². The summed E-state index contributed by atoms with van der Waals surface area (Å²) in [7, 11) is 0. The molecule has 0 spiro atoms. The molecular weight excluding hydrogens is 374 g/mol. The number of carbonyl (C=O) groups excluding carboxylic acids is 2. The van der Waals surface area contributed by atoms with Crippen LogP contribution in [0.5, 0.6) is 5.75 Å². The summed E-state index contributed by atoms with van der Waals surface area (Å²) in [5.74, 6) is 0.616. The van der Waals surface area contributed by atoms with Crippen LogP contribution in [0.1, 0.15) is 28.7 Å². The van der Waals surface area contributed by atoms with Crippen LogP contribution in [0, 0.1) is 6.92 Å². The lowest BCUT2D eigenvalue weighted by Gasteiger charge is -2.35. The normalized spacial score (nSPS) is 17.2. The molecular formula is C21H27N3O3S. The number of hydrogen-bond acceptors (Lipinski definition) is 5. The lowest BCUT2D eigenvalue weighted by molar-refractivity contribution is -0.134. The number of amides is 2. The summed E-state index contributed by atoms with van der Waals surface area (Å²) in [5, 5.41) is 5.82. The smallest absolute Gasteiger partial charge is 0.237 e. The highest BCUT2D eigenvalue weighted by molar-refractivity contribution is 7.11. The first-order valence-electron chi connectivity index (χ1n) is 9.61. The maximum absolute atomic E-state index is 12.5. The fourth-order valence-corrected chi connectivity index (χ4v) is 4.17. The van der Waals surface area contributed by atoms with E-state index in [0.717, 1.165) is 16.2 Å². The number of thiophene rings is 1. The van der Waals surface area contributed by atoms with Crippen molar-refractivity contribution in [2.75, 3.05) is 19.7 Å². The van der Waals surface area contributed by atoms with Gasteiger partial charge in [0.05, 0.1) is 25.6 Å². The van der Waals surface area contributed by atoms with Gasteiger partial charge in [-0.25, -0.2) is 0 Å². The van der Waals surface area contributed by atoms with E-state index in [9.17, 15) is 9.59 Å². The van der Waals surface area contributed by atoms with Gasteiger partial charge >= 0.3 is 0 Å². The van der Waals surface area contributed by atoms with Gasteiger partial charge in [-0.05, 0) is 32.0 Å². The lowest BCUT2D eigenvalue weighted by Crippen LogP contribution is -2.56. The molecule has 0 bridgehead atoms. The summed E-state index contributed by atoms with van der Waals surface area (Å²) in [4.78, 5) is 29.3. The zero-order valence-electron chi connectivity index (χ0n) is 16.4. The summed E-state index contributed by atoms with van der Waals surface area (Å²) in [5.41, 5.74) is 1.03. The van der Waals surface area contributed by atoms with E-state index in [2.05, 4.69) is 15.5 Å². The van der Waals surface area contributed by atoms with Crippen molar-refractivity contribution in [3.8, 4) is 5.75 Å². The maximum Gasteiger partial charge on any atom is 0.237 e. The average molecular weight is 402 g/mol. The van der Waals surface area contributed by atoms with Crippen molar-refractivity contribution in [2.24, 2.45) is 0 Å². The molecule has 2 aromatic rings. The average Bonchev–Trinajstić information content (AvgIpc) is 3.10. The first-order valence-corrected chi connectivity index (χ1v) is 10.4. The second kappa shape index (κ2) is 9.71.